The third-order valence-electron chi connectivity index (χ3n) is 5.97. The van der Waals surface area contributed by atoms with Crippen molar-refractivity contribution in [1.29, 1.82) is 0 Å². The second kappa shape index (κ2) is 10.9. The van der Waals surface area contributed by atoms with Gasteiger partial charge in [-0.05, 0) is 36.4 Å². The van der Waals surface area contributed by atoms with Gasteiger partial charge in [0.2, 0.25) is 5.88 Å². The number of carbonyl (C=O) groups is 1. The molecule has 0 fully saturated rings. The summed E-state index contributed by atoms with van der Waals surface area (Å²) in [5.74, 6) is 2.40. The number of furan rings is 1. The highest BCUT2D eigenvalue weighted by atomic mass is 16.5. The number of aromatic nitrogens is 2. The van der Waals surface area contributed by atoms with E-state index in [1.54, 1.807) is 23.0 Å². The van der Waals surface area contributed by atoms with Crippen molar-refractivity contribution in [2.24, 2.45) is 7.05 Å². The summed E-state index contributed by atoms with van der Waals surface area (Å²) >= 11 is 0. The van der Waals surface area contributed by atoms with E-state index in [-0.39, 0.29) is 12.5 Å². The lowest BCUT2D eigenvalue weighted by molar-refractivity contribution is 0.0717. The molecule has 0 aliphatic heterocycles. The Morgan fingerprint density at radius 2 is 1.62 bits per heavy atom. The van der Waals surface area contributed by atoms with Crippen LogP contribution in [0.2, 0.25) is 0 Å². The Balaban J connectivity index is 1.58. The van der Waals surface area contributed by atoms with E-state index < -0.39 is 0 Å². The van der Waals surface area contributed by atoms with Crippen LogP contribution < -0.4 is 9.47 Å². The van der Waals surface area contributed by atoms with E-state index in [0.29, 0.717) is 35.2 Å². The van der Waals surface area contributed by atoms with Crippen LogP contribution in [0.3, 0.4) is 0 Å². The van der Waals surface area contributed by atoms with E-state index in [2.05, 4.69) is 0 Å². The van der Waals surface area contributed by atoms with Gasteiger partial charge in [-0.3, -0.25) is 4.79 Å². The fourth-order valence-corrected chi connectivity index (χ4v) is 4.17. The molecule has 5 aromatic rings. The lowest BCUT2D eigenvalue weighted by Gasteiger charge is -2.23. The molecule has 3 aromatic carbocycles. The second-order valence-corrected chi connectivity index (χ2v) is 8.51. The molecule has 5 rings (SSSR count). The van der Waals surface area contributed by atoms with E-state index in [1.807, 2.05) is 104 Å². The van der Waals surface area contributed by atoms with E-state index in [1.165, 1.54) is 0 Å². The zero-order valence-corrected chi connectivity index (χ0v) is 20.7. The second-order valence-electron chi connectivity index (χ2n) is 8.51. The Morgan fingerprint density at radius 1 is 0.892 bits per heavy atom. The number of ether oxygens (including phenoxy) is 2. The number of amides is 1. The maximum Gasteiger partial charge on any atom is 0.254 e. The van der Waals surface area contributed by atoms with Crippen molar-refractivity contribution in [1.82, 2.24) is 14.7 Å². The summed E-state index contributed by atoms with van der Waals surface area (Å²) in [5.41, 5.74) is 3.05. The molecule has 0 N–H and O–H groups in total. The maximum atomic E-state index is 13.7. The summed E-state index contributed by atoms with van der Waals surface area (Å²) in [6.07, 6.45) is 1.61. The van der Waals surface area contributed by atoms with Gasteiger partial charge in [0.1, 0.15) is 23.0 Å². The summed E-state index contributed by atoms with van der Waals surface area (Å²) in [6, 6.07) is 30.2. The summed E-state index contributed by atoms with van der Waals surface area (Å²) in [6.45, 7) is 0.550. The van der Waals surface area contributed by atoms with Gasteiger partial charge in [0.25, 0.3) is 5.91 Å². The molecule has 0 aliphatic carbocycles. The molecule has 0 bridgehead atoms. The highest BCUT2D eigenvalue weighted by molar-refractivity contribution is 5.94. The molecule has 7 nitrogen and oxygen atoms in total. The van der Waals surface area contributed by atoms with Crippen molar-refractivity contribution >= 4 is 5.91 Å². The Hall–Kier alpha value is -4.78. The first kappa shape index (κ1) is 23.9. The average Bonchev–Trinajstić information content (AvgIpc) is 3.57. The minimum atomic E-state index is -0.118. The average molecular weight is 494 g/mol. The third kappa shape index (κ3) is 5.41. The van der Waals surface area contributed by atoms with E-state index in [4.69, 9.17) is 19.0 Å². The fraction of sp³-hybridized carbons (Fsp3) is 0.133. The topological polar surface area (TPSA) is 69.7 Å². The van der Waals surface area contributed by atoms with Crippen molar-refractivity contribution in [3.63, 3.8) is 0 Å². The van der Waals surface area contributed by atoms with Crippen LogP contribution in [0.5, 0.6) is 17.4 Å². The third-order valence-corrected chi connectivity index (χ3v) is 5.97. The van der Waals surface area contributed by atoms with E-state index in [9.17, 15) is 4.79 Å². The first-order valence-corrected chi connectivity index (χ1v) is 11.9. The van der Waals surface area contributed by atoms with Crippen molar-refractivity contribution in [2.75, 3.05) is 7.11 Å². The first-order valence-electron chi connectivity index (χ1n) is 11.9. The Kier molecular flexibility index (Phi) is 7.03. The van der Waals surface area contributed by atoms with Crippen LogP contribution in [-0.2, 0) is 20.1 Å². The molecule has 37 heavy (non-hydrogen) atoms. The van der Waals surface area contributed by atoms with Crippen molar-refractivity contribution in [2.45, 2.75) is 13.1 Å². The molecule has 186 valence electrons. The molecule has 0 atom stereocenters. The van der Waals surface area contributed by atoms with Gasteiger partial charge in [0, 0.05) is 24.2 Å². The number of hydrogen-bond donors (Lipinski definition) is 0. The number of nitrogens with zero attached hydrogens (tertiary/aromatic N) is 3. The molecule has 1 amide bonds. The molecule has 7 heteroatoms. The Morgan fingerprint density at radius 3 is 2.32 bits per heavy atom. The quantitative estimate of drug-likeness (QED) is 0.240. The number of benzene rings is 3. The first-order chi connectivity index (χ1) is 18.1. The molecule has 0 unspecified atom stereocenters. The SMILES string of the molecule is COc1cccc(Oc2c(CN(Cc3ccco3)C(=O)c3ccccc3)c(-c3ccccc3)nn2C)c1. The van der Waals surface area contributed by atoms with Gasteiger partial charge in [-0.2, -0.15) is 5.10 Å². The van der Waals surface area contributed by atoms with Crippen molar-refractivity contribution in [3.8, 4) is 28.6 Å². The summed E-state index contributed by atoms with van der Waals surface area (Å²) < 4.78 is 19.0. The summed E-state index contributed by atoms with van der Waals surface area (Å²) in [5, 5.41) is 4.80. The largest absolute Gasteiger partial charge is 0.497 e. The molecule has 2 heterocycles. The van der Waals surface area contributed by atoms with Gasteiger partial charge in [0.15, 0.2) is 0 Å². The van der Waals surface area contributed by atoms with Crippen molar-refractivity contribution < 1.29 is 18.7 Å². The molecule has 0 spiro atoms. The minimum Gasteiger partial charge on any atom is -0.497 e. The van der Waals surface area contributed by atoms with Crippen LogP contribution >= 0.6 is 0 Å². The van der Waals surface area contributed by atoms with Crippen LogP contribution in [0.15, 0.2) is 108 Å². The number of aryl methyl sites for hydroxylation is 1. The molecular formula is C30H27N3O4. The number of hydrogen-bond acceptors (Lipinski definition) is 5. The summed E-state index contributed by atoms with van der Waals surface area (Å²) in [7, 11) is 3.45. The smallest absolute Gasteiger partial charge is 0.254 e. The Bertz CT molecular complexity index is 1460. The zero-order chi connectivity index (χ0) is 25.6. The normalized spacial score (nSPS) is 10.8. The molecular weight excluding hydrogens is 466 g/mol. The number of rotatable bonds is 9. The highest BCUT2D eigenvalue weighted by Gasteiger charge is 2.26. The van der Waals surface area contributed by atoms with Crippen LogP contribution in [-0.4, -0.2) is 27.7 Å². The van der Waals surface area contributed by atoms with Gasteiger partial charge in [0.05, 0.1) is 32.0 Å². The van der Waals surface area contributed by atoms with Crippen LogP contribution in [0.1, 0.15) is 21.7 Å². The zero-order valence-electron chi connectivity index (χ0n) is 20.7. The Labute approximate surface area is 215 Å². The predicted molar refractivity (Wildman–Crippen MR) is 140 cm³/mol. The van der Waals surface area contributed by atoms with Crippen LogP contribution in [0.25, 0.3) is 11.3 Å². The monoisotopic (exact) mass is 493 g/mol. The minimum absolute atomic E-state index is 0.118. The molecule has 0 saturated carbocycles. The molecule has 0 saturated heterocycles. The van der Waals surface area contributed by atoms with Gasteiger partial charge in [-0.1, -0.05) is 54.6 Å². The molecule has 0 aliphatic rings. The predicted octanol–water partition coefficient (Wildman–Crippen LogP) is 6.32. The van der Waals surface area contributed by atoms with Gasteiger partial charge in [-0.15, -0.1) is 0 Å². The van der Waals surface area contributed by atoms with Gasteiger partial charge >= 0.3 is 0 Å². The lowest BCUT2D eigenvalue weighted by Crippen LogP contribution is -2.30. The maximum absolute atomic E-state index is 13.7. The van der Waals surface area contributed by atoms with E-state index >= 15 is 0 Å². The van der Waals surface area contributed by atoms with Gasteiger partial charge in [-0.25, -0.2) is 4.68 Å². The fourth-order valence-electron chi connectivity index (χ4n) is 4.17. The lowest BCUT2D eigenvalue weighted by atomic mass is 10.1. The van der Waals surface area contributed by atoms with Crippen molar-refractivity contribution in [3.05, 3.63) is 120 Å². The molecule has 0 radical (unpaired) electrons. The van der Waals surface area contributed by atoms with Crippen LogP contribution in [0.4, 0.5) is 0 Å². The van der Waals surface area contributed by atoms with E-state index in [0.717, 1.165) is 16.8 Å². The molecule has 2 aromatic heterocycles. The van der Waals surface area contributed by atoms with Gasteiger partial charge < -0.3 is 18.8 Å². The summed E-state index contributed by atoms with van der Waals surface area (Å²) in [4.78, 5) is 15.4. The number of methoxy groups -OCH3 is 1. The van der Waals surface area contributed by atoms with Crippen LogP contribution in [0, 0.1) is 0 Å². The number of carbonyl (C=O) groups excluding carboxylic acids is 1. The highest BCUT2D eigenvalue weighted by Crippen LogP contribution is 2.35. The standard InChI is InChI=1S/C30H27N3O4/c1-32-30(37-25-16-9-15-24(19-25)35-2)27(28(31-32)22-11-5-3-6-12-22)21-33(20-26-17-10-18-36-26)29(34)23-13-7-4-8-14-23/h3-19H,20-21H2,1-2H3.